The third-order valence-electron chi connectivity index (χ3n) is 6.22. The van der Waals surface area contributed by atoms with Gasteiger partial charge in [0.05, 0.1) is 13.2 Å². The quantitative estimate of drug-likeness (QED) is 0.289. The average Bonchev–Trinajstić information content (AvgIpc) is 3.34. The zero-order chi connectivity index (χ0) is 26.5. The van der Waals surface area contributed by atoms with E-state index in [2.05, 4.69) is 30.5 Å². The number of rotatable bonds is 14. The van der Waals surface area contributed by atoms with E-state index in [1.807, 2.05) is 66.9 Å². The predicted octanol–water partition coefficient (Wildman–Crippen LogP) is 5.10. The zero-order valence-corrected chi connectivity index (χ0v) is 22.3. The van der Waals surface area contributed by atoms with Gasteiger partial charge >= 0.3 is 0 Å². The molecule has 0 N–H and O–H groups in total. The van der Waals surface area contributed by atoms with Gasteiger partial charge in [-0.2, -0.15) is 0 Å². The van der Waals surface area contributed by atoms with Crippen LogP contribution in [0.25, 0.3) is 6.08 Å². The highest BCUT2D eigenvalue weighted by Crippen LogP contribution is 2.12. The molecule has 6 heteroatoms. The van der Waals surface area contributed by atoms with E-state index in [1.165, 1.54) is 5.56 Å². The fourth-order valence-electron chi connectivity index (χ4n) is 4.00. The molecule has 0 saturated heterocycles. The van der Waals surface area contributed by atoms with E-state index in [4.69, 9.17) is 4.74 Å². The molecule has 2 amide bonds. The number of nitrogens with zero attached hydrogens (tertiary/aromatic N) is 3. The minimum atomic E-state index is -0.156. The number of aromatic nitrogens is 1. The summed E-state index contributed by atoms with van der Waals surface area (Å²) in [5, 5.41) is 0. The molecule has 37 heavy (non-hydrogen) atoms. The molecule has 0 atom stereocenters. The molecule has 0 spiro atoms. The van der Waals surface area contributed by atoms with Crippen molar-refractivity contribution >= 4 is 17.9 Å². The molecule has 6 nitrogen and oxygen atoms in total. The van der Waals surface area contributed by atoms with Crippen LogP contribution in [0.3, 0.4) is 0 Å². The van der Waals surface area contributed by atoms with E-state index in [0.29, 0.717) is 32.2 Å². The molecular formula is C31H39N3O3. The lowest BCUT2D eigenvalue weighted by Crippen LogP contribution is -2.44. The maximum Gasteiger partial charge on any atom is 0.247 e. The third-order valence-corrected chi connectivity index (χ3v) is 6.22. The second kappa shape index (κ2) is 14.8. The Morgan fingerprint density at radius 3 is 2.30 bits per heavy atom. The average molecular weight is 502 g/mol. The van der Waals surface area contributed by atoms with Gasteiger partial charge in [-0.3, -0.25) is 9.59 Å². The monoisotopic (exact) mass is 501 g/mol. The van der Waals surface area contributed by atoms with Crippen LogP contribution in [0.5, 0.6) is 0 Å². The highest BCUT2D eigenvalue weighted by atomic mass is 16.5. The summed E-state index contributed by atoms with van der Waals surface area (Å²) < 4.78 is 7.45. The first-order valence-corrected chi connectivity index (χ1v) is 12.9. The van der Waals surface area contributed by atoms with Crippen LogP contribution < -0.4 is 0 Å². The molecule has 0 aliphatic heterocycles. The van der Waals surface area contributed by atoms with Crippen molar-refractivity contribution in [3.8, 4) is 0 Å². The largest absolute Gasteiger partial charge is 0.383 e. The first-order valence-electron chi connectivity index (χ1n) is 12.9. The number of ether oxygens (including phenoxy) is 1. The molecular weight excluding hydrogens is 462 g/mol. The summed E-state index contributed by atoms with van der Waals surface area (Å²) in [4.78, 5) is 30.1. The fourth-order valence-corrected chi connectivity index (χ4v) is 4.00. The third kappa shape index (κ3) is 9.39. The lowest BCUT2D eigenvalue weighted by molar-refractivity contribution is -0.139. The van der Waals surface area contributed by atoms with Gasteiger partial charge in [-0.15, -0.1) is 0 Å². The zero-order valence-electron chi connectivity index (χ0n) is 22.3. The number of amides is 2. The van der Waals surface area contributed by atoms with E-state index in [1.54, 1.807) is 29.1 Å². The van der Waals surface area contributed by atoms with Crippen LogP contribution in [-0.4, -0.2) is 59.5 Å². The molecule has 0 fully saturated rings. The standard InChI is InChI=1S/C31H39N3O3/c1-26(2)18-20-33(30(35)17-16-27-11-6-4-7-12-27)25-31(36)34(21-22-37-3)24-29-15-10-19-32(29)23-28-13-8-5-9-14-28/h4-17,19,26H,18,20-25H2,1-3H3/b17-16+. The minimum absolute atomic E-state index is 0.0355. The van der Waals surface area contributed by atoms with Crippen LogP contribution >= 0.6 is 0 Å². The highest BCUT2D eigenvalue weighted by Gasteiger charge is 2.21. The first kappa shape index (κ1) is 27.9. The van der Waals surface area contributed by atoms with Crippen LogP contribution in [0, 0.1) is 5.92 Å². The van der Waals surface area contributed by atoms with Crippen molar-refractivity contribution in [3.05, 3.63) is 102 Å². The van der Waals surface area contributed by atoms with Crippen molar-refractivity contribution in [2.24, 2.45) is 5.92 Å². The van der Waals surface area contributed by atoms with E-state index < -0.39 is 0 Å². The van der Waals surface area contributed by atoms with Crippen molar-refractivity contribution in [2.45, 2.75) is 33.4 Å². The second-order valence-corrected chi connectivity index (χ2v) is 9.61. The summed E-state index contributed by atoms with van der Waals surface area (Å²) in [7, 11) is 1.63. The van der Waals surface area contributed by atoms with Gasteiger partial charge in [0.15, 0.2) is 0 Å². The molecule has 0 aliphatic rings. The van der Waals surface area contributed by atoms with Crippen LogP contribution in [0.2, 0.25) is 0 Å². The van der Waals surface area contributed by atoms with Crippen LogP contribution in [0.15, 0.2) is 85.1 Å². The lowest BCUT2D eigenvalue weighted by Gasteiger charge is -2.28. The number of benzene rings is 2. The SMILES string of the molecule is COCCN(Cc1cccn1Cc1ccccc1)C(=O)CN(CCC(C)C)C(=O)/C=C/c1ccccc1. The highest BCUT2D eigenvalue weighted by molar-refractivity contribution is 5.94. The number of carbonyl (C=O) groups excluding carboxylic acids is 2. The summed E-state index contributed by atoms with van der Waals surface area (Å²) >= 11 is 0. The fraction of sp³-hybridized carbons (Fsp3) is 0.355. The van der Waals surface area contributed by atoms with Crippen LogP contribution in [-0.2, 0) is 27.4 Å². The molecule has 0 saturated carbocycles. The molecule has 0 aliphatic carbocycles. The number of methoxy groups -OCH3 is 1. The summed E-state index contributed by atoms with van der Waals surface area (Å²) in [6.07, 6.45) is 6.23. The van der Waals surface area contributed by atoms with Gasteiger partial charge in [0.2, 0.25) is 11.8 Å². The molecule has 1 aromatic heterocycles. The van der Waals surface area contributed by atoms with Crippen molar-refractivity contribution in [2.75, 3.05) is 33.4 Å². The second-order valence-electron chi connectivity index (χ2n) is 9.61. The number of carbonyl (C=O) groups is 2. The predicted molar refractivity (Wildman–Crippen MR) is 149 cm³/mol. The van der Waals surface area contributed by atoms with Gasteiger partial charge < -0.3 is 19.1 Å². The van der Waals surface area contributed by atoms with E-state index in [9.17, 15) is 9.59 Å². The topological polar surface area (TPSA) is 54.8 Å². The molecule has 0 bridgehead atoms. The van der Waals surface area contributed by atoms with Gasteiger partial charge in [-0.25, -0.2) is 0 Å². The summed E-state index contributed by atoms with van der Waals surface area (Å²) in [6, 6.07) is 24.0. The molecule has 3 aromatic rings. The molecule has 3 rings (SSSR count). The minimum Gasteiger partial charge on any atom is -0.383 e. The van der Waals surface area contributed by atoms with E-state index in [-0.39, 0.29) is 18.4 Å². The lowest BCUT2D eigenvalue weighted by atomic mass is 10.1. The van der Waals surface area contributed by atoms with Gasteiger partial charge in [-0.05, 0) is 41.7 Å². The summed E-state index contributed by atoms with van der Waals surface area (Å²) in [5.41, 5.74) is 3.19. The Morgan fingerprint density at radius 1 is 0.919 bits per heavy atom. The maximum absolute atomic E-state index is 13.5. The maximum atomic E-state index is 13.5. The Kier molecular flexibility index (Phi) is 11.2. The van der Waals surface area contributed by atoms with Crippen molar-refractivity contribution in [1.82, 2.24) is 14.4 Å². The van der Waals surface area contributed by atoms with Crippen LogP contribution in [0.1, 0.15) is 37.1 Å². The first-order chi connectivity index (χ1) is 18.0. The van der Waals surface area contributed by atoms with Gasteiger partial charge in [0, 0.05) is 44.7 Å². The molecule has 0 radical (unpaired) electrons. The van der Waals surface area contributed by atoms with E-state index >= 15 is 0 Å². The van der Waals surface area contributed by atoms with Crippen molar-refractivity contribution < 1.29 is 14.3 Å². The summed E-state index contributed by atoms with van der Waals surface area (Å²) in [5.74, 6) is 0.182. The summed E-state index contributed by atoms with van der Waals surface area (Å²) in [6.45, 7) is 6.88. The van der Waals surface area contributed by atoms with Crippen molar-refractivity contribution in [1.29, 1.82) is 0 Å². The Morgan fingerprint density at radius 2 is 1.62 bits per heavy atom. The number of hydrogen-bond acceptors (Lipinski definition) is 3. The van der Waals surface area contributed by atoms with Gasteiger partial charge in [0.1, 0.15) is 6.54 Å². The van der Waals surface area contributed by atoms with Gasteiger partial charge in [0.25, 0.3) is 0 Å². The molecule has 196 valence electrons. The Balaban J connectivity index is 1.73. The Bertz CT molecular complexity index is 1120. The molecule has 2 aromatic carbocycles. The normalized spacial score (nSPS) is 11.2. The van der Waals surface area contributed by atoms with Crippen molar-refractivity contribution in [3.63, 3.8) is 0 Å². The van der Waals surface area contributed by atoms with E-state index in [0.717, 1.165) is 24.2 Å². The Hall–Kier alpha value is -3.64. The van der Waals surface area contributed by atoms with Crippen LogP contribution in [0.4, 0.5) is 0 Å². The Labute approximate surface area is 221 Å². The smallest absolute Gasteiger partial charge is 0.247 e. The molecule has 0 unspecified atom stereocenters. The number of hydrogen-bond donors (Lipinski definition) is 0. The van der Waals surface area contributed by atoms with Gasteiger partial charge in [-0.1, -0.05) is 74.5 Å². The molecule has 1 heterocycles.